The van der Waals surface area contributed by atoms with Gasteiger partial charge in [0.15, 0.2) is 0 Å². The molecule has 0 atom stereocenters. The van der Waals surface area contributed by atoms with Gasteiger partial charge in [-0.05, 0) is 26.8 Å². The molecule has 0 saturated heterocycles. The van der Waals surface area contributed by atoms with Crippen molar-refractivity contribution < 1.29 is 9.84 Å². The number of allylic oxidation sites excluding steroid dienone is 1. The number of aliphatic hydroxyl groups excluding tert-OH is 1. The second-order valence-corrected chi connectivity index (χ2v) is 1.79. The van der Waals surface area contributed by atoms with E-state index in [0.29, 0.717) is 0 Å². The second-order valence-electron chi connectivity index (χ2n) is 1.79. The van der Waals surface area contributed by atoms with Crippen molar-refractivity contribution in [1.29, 1.82) is 0 Å². The summed E-state index contributed by atoms with van der Waals surface area (Å²) in [6, 6.07) is 0. The molecule has 0 amide bonds. The Balaban J connectivity index is 3.39. The average molecular weight is 116 g/mol. The minimum atomic E-state index is 0.000000000000000222. The number of ether oxygens (including phenoxy) is 1. The van der Waals surface area contributed by atoms with Crippen LogP contribution >= 0.6 is 0 Å². The third kappa shape index (κ3) is 3.53. The van der Waals surface area contributed by atoms with Gasteiger partial charge in [0.25, 0.3) is 5.95 Å². The Hall–Kier alpha value is -0.660. The van der Waals surface area contributed by atoms with E-state index in [9.17, 15) is 0 Å². The number of rotatable bonds is 2. The van der Waals surface area contributed by atoms with Crippen molar-refractivity contribution in [2.45, 2.75) is 26.9 Å². The van der Waals surface area contributed by atoms with Crippen LogP contribution < -0.4 is 0 Å². The minimum Gasteiger partial charge on any atom is -0.481 e. The number of aliphatic hydroxyl groups is 1. The fourth-order valence-corrected chi connectivity index (χ4v) is 0.310. The summed E-state index contributed by atoms with van der Waals surface area (Å²) in [5.41, 5.74) is 0. The Morgan fingerprint density at radius 2 is 2.12 bits per heavy atom. The third-order valence-corrected chi connectivity index (χ3v) is 0.603. The van der Waals surface area contributed by atoms with Gasteiger partial charge in [-0.15, -0.1) is 0 Å². The van der Waals surface area contributed by atoms with Crippen LogP contribution in [0.15, 0.2) is 12.0 Å². The van der Waals surface area contributed by atoms with Crippen LogP contribution in [0.25, 0.3) is 0 Å². The zero-order valence-electron chi connectivity index (χ0n) is 5.51. The zero-order chi connectivity index (χ0) is 6.57. The Labute approximate surface area is 49.8 Å². The lowest BCUT2D eigenvalue weighted by molar-refractivity contribution is 0.0516. The van der Waals surface area contributed by atoms with Crippen LogP contribution in [-0.4, -0.2) is 11.2 Å². The topological polar surface area (TPSA) is 29.5 Å². The van der Waals surface area contributed by atoms with Crippen LogP contribution in [0.4, 0.5) is 0 Å². The monoisotopic (exact) mass is 116 g/mol. The molecule has 0 aromatic carbocycles. The van der Waals surface area contributed by atoms with Crippen molar-refractivity contribution in [3.05, 3.63) is 12.0 Å². The molecule has 0 fully saturated rings. The van der Waals surface area contributed by atoms with E-state index in [-0.39, 0.29) is 12.0 Å². The molecule has 8 heavy (non-hydrogen) atoms. The summed E-state index contributed by atoms with van der Waals surface area (Å²) in [4.78, 5) is 0. The maximum Gasteiger partial charge on any atom is 0.272 e. The van der Waals surface area contributed by atoms with Gasteiger partial charge >= 0.3 is 0 Å². The van der Waals surface area contributed by atoms with E-state index in [4.69, 9.17) is 9.84 Å². The highest BCUT2D eigenvalue weighted by molar-refractivity contribution is 4.76. The standard InChI is InChI=1S/C6H12O2/c1-4-6(7)8-5(2)3/h4-5,7H,1-3H3/b6-4+. The van der Waals surface area contributed by atoms with Crippen molar-refractivity contribution in [2.24, 2.45) is 0 Å². The van der Waals surface area contributed by atoms with Crippen molar-refractivity contribution in [2.75, 3.05) is 0 Å². The second kappa shape index (κ2) is 3.36. The van der Waals surface area contributed by atoms with Crippen LogP contribution in [0.1, 0.15) is 20.8 Å². The lowest BCUT2D eigenvalue weighted by atomic mass is 10.5. The van der Waals surface area contributed by atoms with E-state index < -0.39 is 0 Å². The van der Waals surface area contributed by atoms with Crippen LogP contribution in [0, 0.1) is 0 Å². The largest absolute Gasteiger partial charge is 0.481 e. The smallest absolute Gasteiger partial charge is 0.272 e. The Morgan fingerprint density at radius 3 is 2.25 bits per heavy atom. The van der Waals surface area contributed by atoms with Crippen molar-refractivity contribution in [3.8, 4) is 0 Å². The van der Waals surface area contributed by atoms with E-state index >= 15 is 0 Å². The molecule has 0 unspecified atom stereocenters. The third-order valence-electron chi connectivity index (χ3n) is 0.603. The number of hydrogen-bond donors (Lipinski definition) is 1. The molecule has 2 heteroatoms. The minimum absolute atomic E-state index is 0.000000000000000222. The molecule has 0 aromatic rings. The van der Waals surface area contributed by atoms with E-state index in [0.717, 1.165) is 0 Å². The first-order chi connectivity index (χ1) is 3.66. The van der Waals surface area contributed by atoms with Gasteiger partial charge in [0.2, 0.25) is 0 Å². The Kier molecular flexibility index (Phi) is 3.08. The Morgan fingerprint density at radius 1 is 1.62 bits per heavy atom. The average Bonchev–Trinajstić information content (AvgIpc) is 1.65. The summed E-state index contributed by atoms with van der Waals surface area (Å²) >= 11 is 0. The van der Waals surface area contributed by atoms with Crippen molar-refractivity contribution in [3.63, 3.8) is 0 Å². The summed E-state index contributed by atoms with van der Waals surface area (Å²) in [6.07, 6.45) is 1.58. The predicted octanol–water partition coefficient (Wildman–Crippen LogP) is 1.83. The maximum atomic E-state index is 8.67. The quantitative estimate of drug-likeness (QED) is 0.558. The molecule has 0 aromatic heterocycles. The molecule has 0 spiro atoms. The lowest BCUT2D eigenvalue weighted by Crippen LogP contribution is -2.00. The summed E-state index contributed by atoms with van der Waals surface area (Å²) in [5, 5.41) is 8.67. The molecular formula is C6H12O2. The summed E-state index contributed by atoms with van der Waals surface area (Å²) in [7, 11) is 0. The van der Waals surface area contributed by atoms with Gasteiger partial charge in [-0.3, -0.25) is 0 Å². The SMILES string of the molecule is C/C=C(\O)OC(C)C. The molecule has 2 nitrogen and oxygen atoms in total. The molecule has 0 saturated carbocycles. The molecule has 1 N–H and O–H groups in total. The lowest BCUT2D eigenvalue weighted by Gasteiger charge is -2.05. The van der Waals surface area contributed by atoms with Crippen molar-refractivity contribution in [1.82, 2.24) is 0 Å². The van der Waals surface area contributed by atoms with Gasteiger partial charge in [-0.2, -0.15) is 0 Å². The van der Waals surface area contributed by atoms with Gasteiger partial charge in [-0.25, -0.2) is 0 Å². The molecule has 0 radical (unpaired) electrons. The van der Waals surface area contributed by atoms with Gasteiger partial charge in [0.1, 0.15) is 0 Å². The molecular weight excluding hydrogens is 104 g/mol. The van der Waals surface area contributed by atoms with E-state index in [1.165, 1.54) is 6.08 Å². The molecule has 0 aliphatic heterocycles. The van der Waals surface area contributed by atoms with Crippen LogP contribution in [0.3, 0.4) is 0 Å². The van der Waals surface area contributed by atoms with Gasteiger partial charge < -0.3 is 9.84 Å². The molecule has 0 bridgehead atoms. The van der Waals surface area contributed by atoms with Gasteiger partial charge in [0.05, 0.1) is 6.10 Å². The fraction of sp³-hybridized carbons (Fsp3) is 0.667. The maximum absolute atomic E-state index is 8.67. The number of hydrogen-bond acceptors (Lipinski definition) is 2. The van der Waals surface area contributed by atoms with E-state index in [2.05, 4.69) is 0 Å². The van der Waals surface area contributed by atoms with Crippen LogP contribution in [-0.2, 0) is 4.74 Å². The zero-order valence-corrected chi connectivity index (χ0v) is 5.51. The Bertz CT molecular complexity index is 84.5. The molecule has 0 aliphatic rings. The van der Waals surface area contributed by atoms with Gasteiger partial charge in [-0.1, -0.05) is 0 Å². The van der Waals surface area contributed by atoms with Crippen LogP contribution in [0.2, 0.25) is 0 Å². The summed E-state index contributed by atoms with van der Waals surface area (Å²) in [5.74, 6) is 0.000000000000000222. The first kappa shape index (κ1) is 7.34. The highest BCUT2D eigenvalue weighted by Gasteiger charge is 1.93. The molecule has 0 aliphatic carbocycles. The highest BCUT2D eigenvalue weighted by atomic mass is 16.6. The molecule has 48 valence electrons. The van der Waals surface area contributed by atoms with E-state index in [1.54, 1.807) is 6.92 Å². The first-order valence-electron chi connectivity index (χ1n) is 2.68. The fourth-order valence-electron chi connectivity index (χ4n) is 0.310. The summed E-state index contributed by atoms with van der Waals surface area (Å²) in [6.45, 7) is 5.44. The van der Waals surface area contributed by atoms with Crippen molar-refractivity contribution >= 4 is 0 Å². The predicted molar refractivity (Wildman–Crippen MR) is 32.6 cm³/mol. The first-order valence-corrected chi connectivity index (χ1v) is 2.68. The molecule has 0 rings (SSSR count). The molecule has 0 heterocycles. The highest BCUT2D eigenvalue weighted by Crippen LogP contribution is 1.95. The summed E-state index contributed by atoms with van der Waals surface area (Å²) < 4.78 is 4.82. The van der Waals surface area contributed by atoms with Crippen LogP contribution in [0.5, 0.6) is 0 Å². The van der Waals surface area contributed by atoms with Gasteiger partial charge in [0, 0.05) is 0 Å². The van der Waals surface area contributed by atoms with E-state index in [1.807, 2.05) is 13.8 Å². The normalized spacial score (nSPS) is 12.2.